The average molecular weight is 565 g/mol. The molecule has 1 aliphatic carbocycles. The lowest BCUT2D eigenvalue weighted by molar-refractivity contribution is -0.00323. The van der Waals surface area contributed by atoms with Crippen LogP contribution in [0, 0.1) is 19.3 Å². The van der Waals surface area contributed by atoms with Crippen LogP contribution in [-0.2, 0) is 4.65 Å². The molecule has 0 radical (unpaired) electrons. The van der Waals surface area contributed by atoms with E-state index in [1.54, 1.807) is 0 Å². The Hall–Kier alpha value is -3.62. The molecule has 5 aromatic rings. The van der Waals surface area contributed by atoms with Gasteiger partial charge in [0.25, 0.3) is 6.92 Å². The number of allylic oxidation sites excluding steroid dienone is 1. The zero-order valence-corrected chi connectivity index (χ0v) is 27.4. The molecule has 2 heteroatoms. The van der Waals surface area contributed by atoms with Crippen LogP contribution < -0.4 is 0 Å². The summed E-state index contributed by atoms with van der Waals surface area (Å²) in [6.07, 6.45) is 4.82. The maximum atomic E-state index is 6.90. The van der Waals surface area contributed by atoms with E-state index in [0.29, 0.717) is 0 Å². The lowest BCUT2D eigenvalue weighted by Crippen LogP contribution is -2.45. The molecule has 0 amide bonds. The van der Waals surface area contributed by atoms with Crippen molar-refractivity contribution in [2.24, 2.45) is 5.41 Å². The van der Waals surface area contributed by atoms with Gasteiger partial charge in [-0.05, 0) is 123 Å². The second-order valence-electron chi connectivity index (χ2n) is 14.3. The van der Waals surface area contributed by atoms with Crippen LogP contribution >= 0.6 is 0 Å². The van der Waals surface area contributed by atoms with Crippen molar-refractivity contribution in [2.75, 3.05) is 0 Å². The topological polar surface area (TPSA) is 9.23 Å². The second-order valence-corrected chi connectivity index (χ2v) is 14.3. The molecule has 0 N–H and O–H groups in total. The van der Waals surface area contributed by atoms with Crippen LogP contribution in [0.3, 0.4) is 0 Å². The molecule has 0 saturated carbocycles. The summed E-state index contributed by atoms with van der Waals surface area (Å²) in [4.78, 5) is 0. The van der Waals surface area contributed by atoms with Crippen molar-refractivity contribution in [2.45, 2.75) is 79.5 Å². The van der Waals surface area contributed by atoms with Gasteiger partial charge in [-0.2, -0.15) is 0 Å². The Morgan fingerprint density at radius 1 is 0.628 bits per heavy atom. The highest BCUT2D eigenvalue weighted by Crippen LogP contribution is 2.50. The first-order valence-electron chi connectivity index (χ1n) is 15.9. The second kappa shape index (κ2) is 10.8. The van der Waals surface area contributed by atoms with Gasteiger partial charge in [0.2, 0.25) is 0 Å². The van der Waals surface area contributed by atoms with Gasteiger partial charge in [0, 0.05) is 0 Å². The summed E-state index contributed by atoms with van der Waals surface area (Å²) in [5, 5.41) is 5.30. The van der Waals surface area contributed by atoms with Crippen molar-refractivity contribution in [1.29, 1.82) is 0 Å². The normalized spacial score (nSPS) is 17.0. The van der Waals surface area contributed by atoms with Gasteiger partial charge in [-0.3, -0.25) is 0 Å². The number of benzene rings is 5. The molecule has 0 aliphatic heterocycles. The fourth-order valence-corrected chi connectivity index (χ4v) is 7.00. The maximum Gasteiger partial charge on any atom is 0.298 e. The molecular weight excluding hydrogens is 519 g/mol. The molecule has 6 rings (SSSR count). The largest absolute Gasteiger partial charge is 0.430 e. The van der Waals surface area contributed by atoms with Crippen LogP contribution in [0.2, 0.25) is 12.6 Å². The molecular formula is C41H45BO. The number of aryl methyl sites for hydroxylation is 2. The summed E-state index contributed by atoms with van der Waals surface area (Å²) >= 11 is 0. The first-order valence-corrected chi connectivity index (χ1v) is 15.9. The zero-order chi connectivity index (χ0) is 30.7. The lowest BCUT2D eigenvalue weighted by atomic mass is 9.50. The van der Waals surface area contributed by atoms with Gasteiger partial charge in [-0.15, -0.1) is 0 Å². The highest BCUT2D eigenvalue weighted by Gasteiger charge is 2.40. The van der Waals surface area contributed by atoms with E-state index in [4.69, 9.17) is 4.65 Å². The molecule has 0 aromatic heterocycles. The Morgan fingerprint density at radius 3 is 1.77 bits per heavy atom. The number of fused-ring (bicyclic) bond motifs is 5. The van der Waals surface area contributed by atoms with E-state index in [0.717, 1.165) is 0 Å². The molecule has 218 valence electrons. The quantitative estimate of drug-likeness (QED) is 0.152. The summed E-state index contributed by atoms with van der Waals surface area (Å²) in [5.74, 6) is 0.543. The number of rotatable bonds is 5. The van der Waals surface area contributed by atoms with Gasteiger partial charge in [-0.25, -0.2) is 0 Å². The van der Waals surface area contributed by atoms with E-state index in [1.807, 2.05) is 0 Å². The van der Waals surface area contributed by atoms with Crippen molar-refractivity contribution >= 4 is 34.5 Å². The molecule has 0 spiro atoms. The predicted molar refractivity (Wildman–Crippen MR) is 189 cm³/mol. The van der Waals surface area contributed by atoms with Crippen LogP contribution in [0.5, 0.6) is 0 Å². The number of hydrogen-bond acceptors (Lipinski definition) is 1. The minimum atomic E-state index is -0.250. The van der Waals surface area contributed by atoms with Crippen molar-refractivity contribution in [3.05, 3.63) is 113 Å². The Kier molecular flexibility index (Phi) is 7.42. The molecule has 0 bridgehead atoms. The predicted octanol–water partition coefficient (Wildman–Crippen LogP) is 11.9. The summed E-state index contributed by atoms with van der Waals surface area (Å²) in [5.41, 5.74) is 10.4. The van der Waals surface area contributed by atoms with E-state index in [-0.39, 0.29) is 29.7 Å². The van der Waals surface area contributed by atoms with Gasteiger partial charge in [0.05, 0.1) is 5.60 Å². The van der Waals surface area contributed by atoms with Gasteiger partial charge >= 0.3 is 0 Å². The average Bonchev–Trinajstić information content (AvgIpc) is 2.96. The molecule has 43 heavy (non-hydrogen) atoms. The molecule has 0 heterocycles. The van der Waals surface area contributed by atoms with E-state index < -0.39 is 0 Å². The fourth-order valence-electron chi connectivity index (χ4n) is 7.00. The monoisotopic (exact) mass is 564 g/mol. The molecule has 5 aromatic carbocycles. The molecule has 0 fully saturated rings. The van der Waals surface area contributed by atoms with Gasteiger partial charge in [0.1, 0.15) is 0 Å². The van der Waals surface area contributed by atoms with Crippen LogP contribution in [0.15, 0.2) is 91.0 Å². The first-order chi connectivity index (χ1) is 20.4. The zero-order valence-electron chi connectivity index (χ0n) is 27.4. The Balaban J connectivity index is 1.65. The molecule has 2 unspecified atom stereocenters. The summed E-state index contributed by atoms with van der Waals surface area (Å²) in [7, 11) is 0. The van der Waals surface area contributed by atoms with E-state index in [1.165, 1.54) is 66.1 Å². The van der Waals surface area contributed by atoms with E-state index in [9.17, 15) is 0 Å². The van der Waals surface area contributed by atoms with Crippen LogP contribution in [0.4, 0.5) is 0 Å². The standard InChI is InChI=1S/C41H45BO/c1-26-16-10-12-18-29(26)34-25-37-36(32-21-15-14-20-31(32)34)24-35(30-19-13-11-17-27(30)2)33-22-23-38(28(3)39(33)37)42(9)43-41(7,8)40(4,5)6/h10-25,28,38H,1-9H3. The van der Waals surface area contributed by atoms with E-state index >= 15 is 0 Å². The van der Waals surface area contributed by atoms with Crippen molar-refractivity contribution < 1.29 is 4.65 Å². The Bertz CT molecular complexity index is 1870. The minimum absolute atomic E-state index is 0.0346. The van der Waals surface area contributed by atoms with Crippen molar-refractivity contribution in [3.63, 3.8) is 0 Å². The lowest BCUT2D eigenvalue weighted by Gasteiger charge is -2.43. The van der Waals surface area contributed by atoms with Gasteiger partial charge in [0.15, 0.2) is 0 Å². The smallest absolute Gasteiger partial charge is 0.298 e. The molecule has 0 saturated heterocycles. The third-order valence-corrected chi connectivity index (χ3v) is 10.5. The van der Waals surface area contributed by atoms with Crippen LogP contribution in [0.25, 0.3) is 49.9 Å². The van der Waals surface area contributed by atoms with Gasteiger partial charge in [-0.1, -0.05) is 119 Å². The maximum absolute atomic E-state index is 6.90. The van der Waals surface area contributed by atoms with Crippen molar-refractivity contribution in [3.8, 4) is 22.3 Å². The van der Waals surface area contributed by atoms with Crippen LogP contribution in [-0.4, -0.2) is 12.5 Å². The minimum Gasteiger partial charge on any atom is -0.430 e. The number of hydrogen-bond donors (Lipinski definition) is 0. The fraction of sp³-hybridized carbons (Fsp3) is 0.317. The SMILES string of the molecule is CB(OC(C)(C)C(C)(C)C)C1C=Cc2c(-c3ccccc3C)cc3c(cc(-c4ccccc4C)c4ccccc43)c2C1C. The van der Waals surface area contributed by atoms with E-state index in [2.05, 4.69) is 159 Å². The van der Waals surface area contributed by atoms with Crippen molar-refractivity contribution in [1.82, 2.24) is 0 Å². The summed E-state index contributed by atoms with van der Waals surface area (Å²) < 4.78 is 6.90. The third-order valence-electron chi connectivity index (χ3n) is 10.5. The summed E-state index contributed by atoms with van der Waals surface area (Å²) in [6.45, 7) is 20.5. The first kappa shape index (κ1) is 29.5. The highest BCUT2D eigenvalue weighted by molar-refractivity contribution is 6.53. The highest BCUT2D eigenvalue weighted by atomic mass is 16.5. The van der Waals surface area contributed by atoms with Crippen LogP contribution in [0.1, 0.15) is 69.7 Å². The third kappa shape index (κ3) is 5.04. The summed E-state index contributed by atoms with van der Waals surface area (Å²) in [6, 6.07) is 31.5. The molecule has 1 nitrogen and oxygen atoms in total. The Labute approximate surface area is 259 Å². The molecule has 1 aliphatic rings. The van der Waals surface area contributed by atoms with Gasteiger partial charge < -0.3 is 4.65 Å². The Morgan fingerprint density at radius 2 is 1.16 bits per heavy atom. The molecule has 2 atom stereocenters.